The second-order valence-electron chi connectivity index (χ2n) is 5.15. The summed E-state index contributed by atoms with van der Waals surface area (Å²) in [6.07, 6.45) is 3.90. The van der Waals surface area contributed by atoms with Crippen molar-refractivity contribution in [3.63, 3.8) is 0 Å². The Bertz CT molecular complexity index is 360. The molecule has 0 spiro atoms. The Labute approximate surface area is 114 Å². The molecular weight excluding hydrogens is 242 g/mol. The topological polar surface area (TPSA) is 77.1 Å². The Hall–Kier alpha value is -1.14. The van der Waals surface area contributed by atoms with Crippen LogP contribution in [0.15, 0.2) is 0 Å². The largest absolute Gasteiger partial charge is 0.396 e. The van der Waals surface area contributed by atoms with Gasteiger partial charge in [0.2, 0.25) is 5.95 Å². The Morgan fingerprint density at radius 2 is 2.21 bits per heavy atom. The molecule has 6 heteroatoms. The van der Waals surface area contributed by atoms with Gasteiger partial charge in [-0.1, -0.05) is 6.92 Å². The van der Waals surface area contributed by atoms with Crippen LogP contribution in [0.2, 0.25) is 0 Å². The fraction of sp³-hybridized carbons (Fsp3) is 0.846. The van der Waals surface area contributed by atoms with E-state index in [1.165, 1.54) is 12.8 Å². The molecule has 2 rings (SSSR count). The molecule has 0 amide bonds. The van der Waals surface area contributed by atoms with E-state index in [0.717, 1.165) is 56.7 Å². The summed E-state index contributed by atoms with van der Waals surface area (Å²) in [6.45, 7) is 6.60. The van der Waals surface area contributed by atoms with Crippen molar-refractivity contribution < 1.29 is 5.11 Å². The Kier molecular flexibility index (Phi) is 5.60. The van der Waals surface area contributed by atoms with E-state index < -0.39 is 0 Å². The molecule has 1 aromatic heterocycles. The molecule has 0 saturated carbocycles. The predicted molar refractivity (Wildman–Crippen MR) is 75.3 cm³/mol. The molecule has 0 atom stereocenters. The normalized spacial score (nSPS) is 17.1. The van der Waals surface area contributed by atoms with Gasteiger partial charge in [0.25, 0.3) is 0 Å². The first-order chi connectivity index (χ1) is 9.33. The van der Waals surface area contributed by atoms with Gasteiger partial charge in [-0.3, -0.25) is 5.10 Å². The number of hydrogen-bond donors (Lipinski definition) is 3. The molecule has 0 aromatic carbocycles. The fourth-order valence-corrected chi connectivity index (χ4v) is 2.47. The maximum Gasteiger partial charge on any atom is 0.244 e. The van der Waals surface area contributed by atoms with Gasteiger partial charge in [-0.25, -0.2) is 0 Å². The van der Waals surface area contributed by atoms with Crippen LogP contribution in [0.4, 0.5) is 5.95 Å². The van der Waals surface area contributed by atoms with E-state index in [2.05, 4.69) is 32.3 Å². The summed E-state index contributed by atoms with van der Waals surface area (Å²) in [7, 11) is 0. The highest BCUT2D eigenvalue weighted by atomic mass is 16.2. The van der Waals surface area contributed by atoms with Gasteiger partial charge in [0.05, 0.1) is 0 Å². The highest BCUT2D eigenvalue weighted by Gasteiger charge is 2.21. The minimum Gasteiger partial charge on any atom is -0.396 e. The zero-order valence-electron chi connectivity index (χ0n) is 11.7. The average molecular weight is 267 g/mol. The molecule has 1 fully saturated rings. The maximum absolute atomic E-state index is 8.80. The predicted octanol–water partition coefficient (Wildman–Crippen LogP) is 0.555. The third kappa shape index (κ3) is 4.18. The minimum atomic E-state index is 0.200. The molecule has 0 bridgehead atoms. The first-order valence-corrected chi connectivity index (χ1v) is 7.31. The summed E-state index contributed by atoms with van der Waals surface area (Å²) in [5.74, 6) is 2.47. The van der Waals surface area contributed by atoms with Crippen LogP contribution in [0.5, 0.6) is 0 Å². The van der Waals surface area contributed by atoms with Crippen LogP contribution >= 0.6 is 0 Å². The van der Waals surface area contributed by atoms with E-state index in [-0.39, 0.29) is 6.61 Å². The van der Waals surface area contributed by atoms with Gasteiger partial charge >= 0.3 is 0 Å². The van der Waals surface area contributed by atoms with Gasteiger partial charge in [-0.05, 0) is 38.3 Å². The zero-order valence-corrected chi connectivity index (χ0v) is 11.7. The van der Waals surface area contributed by atoms with Crippen molar-refractivity contribution in [3.8, 4) is 0 Å². The Balaban J connectivity index is 1.78. The number of aliphatic hydroxyl groups is 1. The third-order valence-electron chi connectivity index (χ3n) is 3.67. The highest BCUT2D eigenvalue weighted by molar-refractivity contribution is 5.29. The van der Waals surface area contributed by atoms with Gasteiger partial charge in [-0.2, -0.15) is 4.98 Å². The van der Waals surface area contributed by atoms with E-state index in [4.69, 9.17) is 5.11 Å². The van der Waals surface area contributed by atoms with Crippen LogP contribution in [0.3, 0.4) is 0 Å². The van der Waals surface area contributed by atoms with E-state index in [1.54, 1.807) is 0 Å². The van der Waals surface area contributed by atoms with Crippen LogP contribution in [-0.2, 0) is 6.42 Å². The molecule has 0 unspecified atom stereocenters. The van der Waals surface area contributed by atoms with Gasteiger partial charge in [0, 0.05) is 26.1 Å². The summed E-state index contributed by atoms with van der Waals surface area (Å²) < 4.78 is 0. The van der Waals surface area contributed by atoms with Crippen molar-refractivity contribution in [1.82, 2.24) is 20.5 Å². The van der Waals surface area contributed by atoms with Crippen LogP contribution in [0.25, 0.3) is 0 Å². The number of aliphatic hydroxyl groups excluding tert-OH is 1. The molecule has 1 aliphatic rings. The van der Waals surface area contributed by atoms with Crippen molar-refractivity contribution in [2.75, 3.05) is 37.7 Å². The van der Waals surface area contributed by atoms with E-state index in [9.17, 15) is 0 Å². The lowest BCUT2D eigenvalue weighted by Crippen LogP contribution is -2.37. The molecule has 0 radical (unpaired) electrons. The lowest BCUT2D eigenvalue weighted by molar-refractivity contribution is 0.287. The molecule has 1 aromatic rings. The van der Waals surface area contributed by atoms with E-state index in [1.807, 2.05) is 0 Å². The number of aromatic amines is 1. The highest BCUT2D eigenvalue weighted by Crippen LogP contribution is 2.20. The smallest absolute Gasteiger partial charge is 0.244 e. The summed E-state index contributed by atoms with van der Waals surface area (Å²) >= 11 is 0. The Morgan fingerprint density at radius 1 is 1.42 bits per heavy atom. The standard InChI is InChI=1S/C13H25N5O/c1-2-14-10-11-5-7-18(8-6-11)13-15-12(16-17-13)4-3-9-19/h11,14,19H,2-10H2,1H3,(H,15,16,17). The number of aryl methyl sites for hydroxylation is 1. The second-order valence-corrected chi connectivity index (χ2v) is 5.15. The number of anilines is 1. The molecule has 6 nitrogen and oxygen atoms in total. The average Bonchev–Trinajstić information content (AvgIpc) is 2.92. The molecular formula is C13H25N5O. The number of piperidine rings is 1. The monoisotopic (exact) mass is 267 g/mol. The lowest BCUT2D eigenvalue weighted by atomic mass is 9.97. The van der Waals surface area contributed by atoms with Crippen molar-refractivity contribution in [1.29, 1.82) is 0 Å². The first-order valence-electron chi connectivity index (χ1n) is 7.31. The molecule has 108 valence electrons. The molecule has 19 heavy (non-hydrogen) atoms. The quantitative estimate of drug-likeness (QED) is 0.673. The molecule has 0 aliphatic carbocycles. The zero-order chi connectivity index (χ0) is 13.5. The number of nitrogens with zero attached hydrogens (tertiary/aromatic N) is 3. The Morgan fingerprint density at radius 3 is 2.89 bits per heavy atom. The fourth-order valence-electron chi connectivity index (χ4n) is 2.47. The van der Waals surface area contributed by atoms with Crippen LogP contribution in [0.1, 0.15) is 32.0 Å². The molecule has 2 heterocycles. The van der Waals surface area contributed by atoms with Crippen LogP contribution < -0.4 is 10.2 Å². The van der Waals surface area contributed by atoms with E-state index >= 15 is 0 Å². The van der Waals surface area contributed by atoms with E-state index in [0.29, 0.717) is 0 Å². The molecule has 1 saturated heterocycles. The van der Waals surface area contributed by atoms with Crippen molar-refractivity contribution >= 4 is 5.95 Å². The number of nitrogens with one attached hydrogen (secondary N) is 2. The summed E-state index contributed by atoms with van der Waals surface area (Å²) in [5, 5.41) is 19.5. The van der Waals surface area contributed by atoms with Gasteiger partial charge < -0.3 is 15.3 Å². The van der Waals surface area contributed by atoms with Gasteiger partial charge in [0.15, 0.2) is 0 Å². The van der Waals surface area contributed by atoms with Crippen LogP contribution in [-0.4, -0.2) is 53.1 Å². The second kappa shape index (κ2) is 7.45. The SMILES string of the molecule is CCNCC1CCN(c2n[nH]c(CCCO)n2)CC1. The van der Waals surface area contributed by atoms with Crippen molar-refractivity contribution in [2.45, 2.75) is 32.6 Å². The number of hydrogen-bond acceptors (Lipinski definition) is 5. The molecule has 1 aliphatic heterocycles. The van der Waals surface area contributed by atoms with Gasteiger partial charge in [0.1, 0.15) is 5.82 Å². The van der Waals surface area contributed by atoms with Crippen LogP contribution in [0, 0.1) is 5.92 Å². The summed E-state index contributed by atoms with van der Waals surface area (Å²) in [4.78, 5) is 6.74. The summed E-state index contributed by atoms with van der Waals surface area (Å²) in [6, 6.07) is 0. The molecule has 3 N–H and O–H groups in total. The lowest BCUT2D eigenvalue weighted by Gasteiger charge is -2.31. The number of aromatic nitrogens is 3. The number of H-pyrrole nitrogens is 1. The van der Waals surface area contributed by atoms with Gasteiger partial charge in [-0.15, -0.1) is 5.10 Å². The summed E-state index contributed by atoms with van der Waals surface area (Å²) in [5.41, 5.74) is 0. The number of rotatable bonds is 7. The first kappa shape index (κ1) is 14.3. The third-order valence-corrected chi connectivity index (χ3v) is 3.67. The maximum atomic E-state index is 8.80. The van der Waals surface area contributed by atoms with Crippen molar-refractivity contribution in [2.24, 2.45) is 5.92 Å². The minimum absolute atomic E-state index is 0.200. The van der Waals surface area contributed by atoms with Crippen molar-refractivity contribution in [3.05, 3.63) is 5.82 Å².